The van der Waals surface area contributed by atoms with Crippen LogP contribution in [-0.2, 0) is 17.6 Å². The van der Waals surface area contributed by atoms with Crippen molar-refractivity contribution in [3.05, 3.63) is 40.4 Å². The largest absolute Gasteiger partial charge is 0.488 e. The number of nitrogens with two attached hydrogens (primary N) is 1. The van der Waals surface area contributed by atoms with E-state index in [9.17, 15) is 4.79 Å². The number of para-hydroxylation sites is 1. The molecule has 1 aromatic carbocycles. The van der Waals surface area contributed by atoms with Gasteiger partial charge >= 0.3 is 0 Å². The van der Waals surface area contributed by atoms with Crippen LogP contribution in [0, 0.1) is 6.92 Å². The second kappa shape index (κ2) is 5.96. The number of rotatable bonds is 4. The van der Waals surface area contributed by atoms with E-state index in [-0.39, 0.29) is 12.0 Å². The quantitative estimate of drug-likeness (QED) is 0.937. The summed E-state index contributed by atoms with van der Waals surface area (Å²) in [5, 5.41) is 0.512. The molecule has 116 valence electrons. The van der Waals surface area contributed by atoms with Gasteiger partial charge in [0.05, 0.1) is 18.7 Å². The molecule has 1 amide bonds. The van der Waals surface area contributed by atoms with Gasteiger partial charge in [0.15, 0.2) is 5.13 Å². The molecule has 0 bridgehead atoms. The van der Waals surface area contributed by atoms with Gasteiger partial charge in [-0.25, -0.2) is 4.98 Å². The Morgan fingerprint density at radius 2 is 2.27 bits per heavy atom. The van der Waals surface area contributed by atoms with Crippen LogP contribution in [0.1, 0.15) is 16.1 Å². The number of thiazole rings is 1. The number of aryl methyl sites for hydroxylation is 1. The molecule has 1 aliphatic rings. The zero-order valence-corrected chi connectivity index (χ0v) is 13.5. The number of aromatic nitrogens is 1. The van der Waals surface area contributed by atoms with Crippen molar-refractivity contribution in [1.82, 2.24) is 9.88 Å². The molecule has 2 aromatic rings. The highest BCUT2D eigenvalue weighted by Gasteiger charge is 2.25. The molecule has 0 spiro atoms. The van der Waals surface area contributed by atoms with E-state index in [1.54, 1.807) is 4.90 Å². The third kappa shape index (κ3) is 3.06. The monoisotopic (exact) mass is 317 g/mol. The normalized spacial score (nSPS) is 16.2. The van der Waals surface area contributed by atoms with Crippen LogP contribution in [0.3, 0.4) is 0 Å². The molecule has 3 rings (SSSR count). The third-order valence-corrected chi connectivity index (χ3v) is 4.82. The van der Waals surface area contributed by atoms with E-state index in [4.69, 9.17) is 10.5 Å². The Morgan fingerprint density at radius 3 is 2.95 bits per heavy atom. The van der Waals surface area contributed by atoms with E-state index >= 15 is 0 Å². The lowest BCUT2D eigenvalue weighted by Crippen LogP contribution is -2.37. The molecule has 1 aliphatic heterocycles. The average molecular weight is 317 g/mol. The summed E-state index contributed by atoms with van der Waals surface area (Å²) >= 11 is 1.38. The molecule has 5 nitrogen and oxygen atoms in total. The number of nitrogens with zero attached hydrogens (tertiary/aromatic N) is 2. The summed E-state index contributed by atoms with van der Waals surface area (Å²) < 4.78 is 5.88. The number of carbonyl (C=O) groups is 1. The second-order valence-electron chi connectivity index (χ2n) is 5.56. The smallest absolute Gasteiger partial charge is 0.227 e. The first-order valence-corrected chi connectivity index (χ1v) is 8.05. The van der Waals surface area contributed by atoms with Gasteiger partial charge in [-0.3, -0.25) is 4.79 Å². The Kier molecular flexibility index (Phi) is 4.02. The first-order valence-electron chi connectivity index (χ1n) is 7.23. The minimum Gasteiger partial charge on any atom is -0.488 e. The highest BCUT2D eigenvalue weighted by atomic mass is 32.1. The molecule has 0 saturated heterocycles. The minimum absolute atomic E-state index is 0.0268. The Hall–Kier alpha value is -2.08. The minimum atomic E-state index is 0.0268. The molecular weight excluding hydrogens is 298 g/mol. The van der Waals surface area contributed by atoms with Crippen LogP contribution in [0.2, 0.25) is 0 Å². The third-order valence-electron chi connectivity index (χ3n) is 3.84. The first-order chi connectivity index (χ1) is 10.5. The van der Waals surface area contributed by atoms with Gasteiger partial charge in [0, 0.05) is 18.3 Å². The standard InChI is InChI=1S/C16H19N3O2S/c1-10-14(22-16(17)18-10)8-15(20)19(2)9-12-7-11-5-3-4-6-13(11)21-12/h3-6,12H,7-9H2,1-2H3,(H2,17,18)/t12-/m0/s1. The summed E-state index contributed by atoms with van der Waals surface area (Å²) in [6, 6.07) is 8.02. The van der Waals surface area contributed by atoms with Crippen molar-refractivity contribution in [2.24, 2.45) is 0 Å². The van der Waals surface area contributed by atoms with Crippen molar-refractivity contribution in [2.45, 2.75) is 25.9 Å². The fourth-order valence-electron chi connectivity index (χ4n) is 2.65. The van der Waals surface area contributed by atoms with E-state index in [0.717, 1.165) is 22.7 Å². The molecule has 6 heteroatoms. The first kappa shape index (κ1) is 14.8. The van der Waals surface area contributed by atoms with Gasteiger partial charge in [-0.05, 0) is 18.6 Å². The zero-order chi connectivity index (χ0) is 15.7. The maximum Gasteiger partial charge on any atom is 0.227 e. The molecule has 2 heterocycles. The van der Waals surface area contributed by atoms with Crippen molar-refractivity contribution >= 4 is 22.4 Å². The van der Waals surface area contributed by atoms with Crippen molar-refractivity contribution < 1.29 is 9.53 Å². The Bertz CT molecular complexity index is 673. The summed E-state index contributed by atoms with van der Waals surface area (Å²) in [6.45, 7) is 2.47. The van der Waals surface area contributed by atoms with E-state index in [0.29, 0.717) is 18.1 Å². The summed E-state index contributed by atoms with van der Waals surface area (Å²) in [7, 11) is 1.81. The topological polar surface area (TPSA) is 68.5 Å². The van der Waals surface area contributed by atoms with Gasteiger partial charge in [0.25, 0.3) is 0 Å². The van der Waals surface area contributed by atoms with Gasteiger partial charge in [0.2, 0.25) is 5.91 Å². The number of benzene rings is 1. The molecule has 0 aliphatic carbocycles. The highest BCUT2D eigenvalue weighted by Crippen LogP contribution is 2.28. The second-order valence-corrected chi connectivity index (χ2v) is 6.68. The van der Waals surface area contributed by atoms with Gasteiger partial charge < -0.3 is 15.4 Å². The van der Waals surface area contributed by atoms with Crippen LogP contribution >= 0.6 is 11.3 Å². The summed E-state index contributed by atoms with van der Waals surface area (Å²) in [4.78, 5) is 19.2. The van der Waals surface area contributed by atoms with Crippen LogP contribution in [-0.4, -0.2) is 35.5 Å². The molecule has 0 fully saturated rings. The van der Waals surface area contributed by atoms with E-state index in [1.165, 1.54) is 16.9 Å². The molecule has 1 atom stereocenters. The Balaban J connectivity index is 1.57. The van der Waals surface area contributed by atoms with E-state index in [1.807, 2.05) is 32.2 Å². The number of hydrogen-bond acceptors (Lipinski definition) is 5. The van der Waals surface area contributed by atoms with Crippen molar-refractivity contribution in [2.75, 3.05) is 19.3 Å². The molecule has 0 radical (unpaired) electrons. The van der Waals surface area contributed by atoms with Crippen LogP contribution in [0.25, 0.3) is 0 Å². The number of anilines is 1. The zero-order valence-electron chi connectivity index (χ0n) is 12.7. The van der Waals surface area contributed by atoms with Crippen molar-refractivity contribution in [3.8, 4) is 5.75 Å². The van der Waals surface area contributed by atoms with Crippen molar-refractivity contribution in [3.63, 3.8) is 0 Å². The van der Waals surface area contributed by atoms with E-state index < -0.39 is 0 Å². The van der Waals surface area contributed by atoms with E-state index in [2.05, 4.69) is 11.1 Å². The number of amides is 1. The lowest BCUT2D eigenvalue weighted by atomic mass is 10.1. The fourth-order valence-corrected chi connectivity index (χ4v) is 3.47. The Labute approximate surface area is 133 Å². The molecule has 0 unspecified atom stereocenters. The van der Waals surface area contributed by atoms with Gasteiger partial charge in [-0.2, -0.15) is 0 Å². The predicted molar refractivity (Wildman–Crippen MR) is 87.2 cm³/mol. The number of fused-ring (bicyclic) bond motifs is 1. The number of carbonyl (C=O) groups excluding carboxylic acids is 1. The highest BCUT2D eigenvalue weighted by molar-refractivity contribution is 7.15. The van der Waals surface area contributed by atoms with Gasteiger partial charge in [-0.1, -0.05) is 18.2 Å². The maximum absolute atomic E-state index is 12.3. The number of nitrogen functional groups attached to an aromatic ring is 1. The molecule has 1 aromatic heterocycles. The fraction of sp³-hybridized carbons (Fsp3) is 0.375. The maximum atomic E-state index is 12.3. The number of hydrogen-bond donors (Lipinski definition) is 1. The average Bonchev–Trinajstić information content (AvgIpc) is 3.01. The lowest BCUT2D eigenvalue weighted by molar-refractivity contribution is -0.130. The number of likely N-dealkylation sites (N-methyl/N-ethyl adjacent to an activating group) is 1. The SMILES string of the molecule is Cc1nc(N)sc1CC(=O)N(C)C[C@@H]1Cc2ccccc2O1. The predicted octanol–water partition coefficient (Wildman–Crippen LogP) is 2.04. The molecular formula is C16H19N3O2S. The summed E-state index contributed by atoms with van der Waals surface area (Å²) in [5.74, 6) is 0.991. The van der Waals surface area contributed by atoms with Crippen LogP contribution in [0.5, 0.6) is 5.75 Å². The number of ether oxygens (including phenoxy) is 1. The van der Waals surface area contributed by atoms with Gasteiger partial charge in [-0.15, -0.1) is 11.3 Å². The lowest BCUT2D eigenvalue weighted by Gasteiger charge is -2.21. The summed E-state index contributed by atoms with van der Waals surface area (Å²) in [5.41, 5.74) is 7.72. The van der Waals surface area contributed by atoms with Crippen LogP contribution in [0.4, 0.5) is 5.13 Å². The summed E-state index contributed by atoms with van der Waals surface area (Å²) in [6.07, 6.45) is 1.22. The molecule has 0 saturated carbocycles. The van der Waals surface area contributed by atoms with Crippen LogP contribution in [0.15, 0.2) is 24.3 Å². The molecule has 22 heavy (non-hydrogen) atoms. The Morgan fingerprint density at radius 1 is 1.50 bits per heavy atom. The van der Waals surface area contributed by atoms with Gasteiger partial charge in [0.1, 0.15) is 11.9 Å². The van der Waals surface area contributed by atoms with Crippen molar-refractivity contribution in [1.29, 1.82) is 0 Å². The molecule has 2 N–H and O–H groups in total. The van der Waals surface area contributed by atoms with Crippen LogP contribution < -0.4 is 10.5 Å².